The highest BCUT2D eigenvalue weighted by Crippen LogP contribution is 2.27. The van der Waals surface area contributed by atoms with Gasteiger partial charge in [0, 0.05) is 43.2 Å². The van der Waals surface area contributed by atoms with Gasteiger partial charge in [-0.25, -0.2) is 0 Å². The fourth-order valence-corrected chi connectivity index (χ4v) is 3.56. The standard InChI is InChI=1S/C23H32N4O/c1-17(2)21-7-5-6-18(3)23(21)25-22(28)16-24-19-8-10-20(11-9-19)27-14-12-26(4)13-15-27/h5-11,17,24H,12-16H2,1-4H3,(H,25,28). The molecule has 1 heterocycles. The molecule has 2 N–H and O–H groups in total. The van der Waals surface area contributed by atoms with Gasteiger partial charge in [0.15, 0.2) is 0 Å². The second-order valence-corrected chi connectivity index (χ2v) is 7.93. The van der Waals surface area contributed by atoms with Gasteiger partial charge < -0.3 is 20.4 Å². The number of amides is 1. The summed E-state index contributed by atoms with van der Waals surface area (Å²) in [7, 11) is 2.16. The lowest BCUT2D eigenvalue weighted by atomic mass is 9.98. The molecule has 1 aliphatic heterocycles. The lowest BCUT2D eigenvalue weighted by molar-refractivity contribution is -0.114. The molecule has 0 bridgehead atoms. The van der Waals surface area contributed by atoms with Crippen LogP contribution in [0.15, 0.2) is 42.5 Å². The Morgan fingerprint density at radius 2 is 1.71 bits per heavy atom. The normalized spacial score (nSPS) is 15.0. The second kappa shape index (κ2) is 9.11. The Hall–Kier alpha value is -2.53. The summed E-state index contributed by atoms with van der Waals surface area (Å²) < 4.78 is 0. The number of carbonyl (C=O) groups is 1. The summed E-state index contributed by atoms with van der Waals surface area (Å²) in [6, 6.07) is 14.5. The number of para-hydroxylation sites is 1. The van der Waals surface area contributed by atoms with Gasteiger partial charge in [0.1, 0.15) is 0 Å². The van der Waals surface area contributed by atoms with Crippen molar-refractivity contribution in [2.24, 2.45) is 0 Å². The fourth-order valence-electron chi connectivity index (χ4n) is 3.56. The minimum Gasteiger partial charge on any atom is -0.376 e. The predicted molar refractivity (Wildman–Crippen MR) is 119 cm³/mol. The zero-order valence-corrected chi connectivity index (χ0v) is 17.5. The number of rotatable bonds is 6. The zero-order valence-electron chi connectivity index (χ0n) is 17.5. The smallest absolute Gasteiger partial charge is 0.243 e. The molecule has 1 amide bonds. The molecular formula is C23H32N4O. The van der Waals surface area contributed by atoms with Crippen LogP contribution < -0.4 is 15.5 Å². The third-order valence-corrected chi connectivity index (χ3v) is 5.38. The van der Waals surface area contributed by atoms with E-state index in [0.29, 0.717) is 5.92 Å². The molecule has 2 aromatic rings. The van der Waals surface area contributed by atoms with Gasteiger partial charge >= 0.3 is 0 Å². The van der Waals surface area contributed by atoms with E-state index in [2.05, 4.69) is 59.5 Å². The zero-order chi connectivity index (χ0) is 20.1. The van der Waals surface area contributed by atoms with Crippen LogP contribution in [0.4, 0.5) is 17.1 Å². The quantitative estimate of drug-likeness (QED) is 0.797. The molecule has 0 unspecified atom stereocenters. The van der Waals surface area contributed by atoms with E-state index in [9.17, 15) is 4.79 Å². The number of carbonyl (C=O) groups excluding carboxylic acids is 1. The molecule has 0 aromatic heterocycles. The number of likely N-dealkylation sites (N-methyl/N-ethyl adjacent to an activating group) is 1. The number of aryl methyl sites for hydroxylation is 1. The summed E-state index contributed by atoms with van der Waals surface area (Å²) >= 11 is 0. The van der Waals surface area contributed by atoms with Gasteiger partial charge in [-0.05, 0) is 55.3 Å². The molecule has 0 aliphatic carbocycles. The molecule has 1 saturated heterocycles. The molecule has 28 heavy (non-hydrogen) atoms. The molecule has 150 valence electrons. The molecular weight excluding hydrogens is 348 g/mol. The SMILES string of the molecule is Cc1cccc(C(C)C)c1NC(=O)CNc1ccc(N2CCN(C)CC2)cc1. The Balaban J connectivity index is 1.55. The van der Waals surface area contributed by atoms with Crippen molar-refractivity contribution in [1.29, 1.82) is 0 Å². The summed E-state index contributed by atoms with van der Waals surface area (Å²) in [5.41, 5.74) is 5.40. The lowest BCUT2D eigenvalue weighted by Gasteiger charge is -2.34. The number of nitrogens with one attached hydrogen (secondary N) is 2. The molecule has 1 fully saturated rings. The van der Waals surface area contributed by atoms with Crippen LogP contribution in [0.2, 0.25) is 0 Å². The van der Waals surface area contributed by atoms with Crippen molar-refractivity contribution in [3.8, 4) is 0 Å². The van der Waals surface area contributed by atoms with Gasteiger partial charge in [0.05, 0.1) is 6.54 Å². The van der Waals surface area contributed by atoms with Crippen molar-refractivity contribution in [3.63, 3.8) is 0 Å². The third kappa shape index (κ3) is 5.04. The predicted octanol–water partition coefficient (Wildman–Crippen LogP) is 3.92. The third-order valence-electron chi connectivity index (χ3n) is 5.38. The molecule has 0 spiro atoms. The van der Waals surface area contributed by atoms with Crippen LogP contribution in [-0.4, -0.2) is 50.6 Å². The molecule has 2 aromatic carbocycles. The van der Waals surface area contributed by atoms with E-state index in [-0.39, 0.29) is 12.5 Å². The average molecular weight is 381 g/mol. The highest BCUT2D eigenvalue weighted by atomic mass is 16.1. The Morgan fingerprint density at radius 1 is 1.04 bits per heavy atom. The van der Waals surface area contributed by atoms with E-state index >= 15 is 0 Å². The summed E-state index contributed by atoms with van der Waals surface area (Å²) in [5.74, 6) is 0.338. The molecule has 1 aliphatic rings. The van der Waals surface area contributed by atoms with Crippen LogP contribution in [-0.2, 0) is 4.79 Å². The van der Waals surface area contributed by atoms with Crippen LogP contribution >= 0.6 is 0 Å². The highest BCUT2D eigenvalue weighted by Gasteiger charge is 2.14. The van der Waals surface area contributed by atoms with Gasteiger partial charge in [-0.3, -0.25) is 4.79 Å². The minimum atomic E-state index is -0.0284. The fraction of sp³-hybridized carbons (Fsp3) is 0.435. The van der Waals surface area contributed by atoms with Crippen LogP contribution in [0.1, 0.15) is 30.9 Å². The highest BCUT2D eigenvalue weighted by molar-refractivity contribution is 5.95. The van der Waals surface area contributed by atoms with E-state index < -0.39 is 0 Å². The first-order valence-electron chi connectivity index (χ1n) is 10.1. The van der Waals surface area contributed by atoms with Crippen LogP contribution in [0.25, 0.3) is 0 Å². The van der Waals surface area contributed by atoms with Crippen molar-refractivity contribution in [2.45, 2.75) is 26.7 Å². The number of hydrogen-bond donors (Lipinski definition) is 2. The summed E-state index contributed by atoms with van der Waals surface area (Å²) in [5, 5.41) is 6.31. The van der Waals surface area contributed by atoms with Crippen LogP contribution in [0, 0.1) is 6.92 Å². The topological polar surface area (TPSA) is 47.6 Å². The maximum absolute atomic E-state index is 12.5. The maximum atomic E-state index is 12.5. The van der Waals surface area contributed by atoms with Crippen LogP contribution in [0.5, 0.6) is 0 Å². The number of nitrogens with zero attached hydrogens (tertiary/aromatic N) is 2. The largest absolute Gasteiger partial charge is 0.376 e. The number of benzene rings is 2. The van der Waals surface area contributed by atoms with Crippen molar-refractivity contribution >= 4 is 23.0 Å². The first kappa shape index (κ1) is 20.2. The average Bonchev–Trinajstić information content (AvgIpc) is 2.69. The van der Waals surface area contributed by atoms with Gasteiger partial charge in [-0.1, -0.05) is 32.0 Å². The van der Waals surface area contributed by atoms with Crippen molar-refractivity contribution in [2.75, 3.05) is 55.3 Å². The van der Waals surface area contributed by atoms with E-state index in [4.69, 9.17) is 0 Å². The summed E-state index contributed by atoms with van der Waals surface area (Å²) in [4.78, 5) is 17.2. The number of hydrogen-bond acceptors (Lipinski definition) is 4. The Bertz CT molecular complexity index is 793. The minimum absolute atomic E-state index is 0.0284. The first-order chi connectivity index (χ1) is 13.4. The van der Waals surface area contributed by atoms with Crippen molar-refractivity contribution in [1.82, 2.24) is 4.90 Å². The molecule has 5 nitrogen and oxygen atoms in total. The Labute approximate surface area is 168 Å². The molecule has 0 atom stereocenters. The van der Waals surface area contributed by atoms with Crippen molar-refractivity contribution in [3.05, 3.63) is 53.6 Å². The number of anilines is 3. The summed E-state index contributed by atoms with van der Waals surface area (Å²) in [6.07, 6.45) is 0. The van der Waals surface area contributed by atoms with E-state index in [0.717, 1.165) is 43.1 Å². The Kier molecular flexibility index (Phi) is 6.57. The monoisotopic (exact) mass is 380 g/mol. The number of piperazine rings is 1. The van der Waals surface area contributed by atoms with Gasteiger partial charge in [-0.2, -0.15) is 0 Å². The molecule has 0 radical (unpaired) electrons. The lowest BCUT2D eigenvalue weighted by Crippen LogP contribution is -2.44. The molecule has 0 saturated carbocycles. The van der Waals surface area contributed by atoms with Crippen molar-refractivity contribution < 1.29 is 4.79 Å². The first-order valence-corrected chi connectivity index (χ1v) is 10.1. The molecule has 3 rings (SSSR count). The van der Waals surface area contributed by atoms with E-state index in [1.165, 1.54) is 11.3 Å². The maximum Gasteiger partial charge on any atom is 0.243 e. The van der Waals surface area contributed by atoms with E-state index in [1.807, 2.05) is 31.2 Å². The Morgan fingerprint density at radius 3 is 2.36 bits per heavy atom. The molecule has 5 heteroatoms. The second-order valence-electron chi connectivity index (χ2n) is 7.93. The van der Waals surface area contributed by atoms with Crippen LogP contribution in [0.3, 0.4) is 0 Å². The summed E-state index contributed by atoms with van der Waals surface area (Å²) in [6.45, 7) is 10.9. The van der Waals surface area contributed by atoms with Gasteiger partial charge in [0.2, 0.25) is 5.91 Å². The van der Waals surface area contributed by atoms with E-state index in [1.54, 1.807) is 0 Å². The van der Waals surface area contributed by atoms with Gasteiger partial charge in [0.25, 0.3) is 0 Å². The van der Waals surface area contributed by atoms with Gasteiger partial charge in [-0.15, -0.1) is 0 Å².